The van der Waals surface area contributed by atoms with Gasteiger partial charge in [0.1, 0.15) is 5.78 Å². The number of rotatable bonds is 9. The number of carbonyl (C=O) groups excluding carboxylic acids is 2. The van der Waals surface area contributed by atoms with Gasteiger partial charge < -0.3 is 10.2 Å². The van der Waals surface area contributed by atoms with E-state index in [4.69, 9.17) is 12.2 Å². The van der Waals surface area contributed by atoms with Gasteiger partial charge in [-0.2, -0.15) is 0 Å². The molecule has 7 heteroatoms. The Morgan fingerprint density at radius 1 is 0.969 bits per heavy atom. The summed E-state index contributed by atoms with van der Waals surface area (Å²) in [5, 5.41) is 5.99. The lowest BCUT2D eigenvalue weighted by Crippen LogP contribution is -2.34. The first-order valence-electron chi connectivity index (χ1n) is 10.6. The molecule has 0 aliphatic heterocycles. The molecule has 0 atom stereocenters. The molecule has 2 aromatic rings. The number of Topliss-reactive ketones (excluding diaryl/α,β-unsaturated/α-hetero) is 1. The number of hydrogen-bond donors (Lipinski definition) is 2. The number of thiocarbonyl (C=S) groups is 1. The van der Waals surface area contributed by atoms with Crippen molar-refractivity contribution in [2.45, 2.75) is 46.5 Å². The topological polar surface area (TPSA) is 61.4 Å². The maximum Gasteiger partial charge on any atom is 0.257 e. The summed E-state index contributed by atoms with van der Waals surface area (Å²) in [7, 11) is 4.08. The van der Waals surface area contributed by atoms with E-state index >= 15 is 0 Å². The molecule has 0 spiro atoms. The van der Waals surface area contributed by atoms with Gasteiger partial charge in [0, 0.05) is 24.1 Å². The summed E-state index contributed by atoms with van der Waals surface area (Å²) in [6, 6.07) is 11.3. The minimum Gasteiger partial charge on any atom is -0.332 e. The lowest BCUT2D eigenvalue weighted by molar-refractivity contribution is -0.118. The van der Waals surface area contributed by atoms with Crippen molar-refractivity contribution in [2.24, 2.45) is 0 Å². The number of anilines is 1. The highest BCUT2D eigenvalue weighted by Gasteiger charge is 2.11. The summed E-state index contributed by atoms with van der Waals surface area (Å²) in [6.07, 6.45) is 3.01. The second-order valence-electron chi connectivity index (χ2n) is 8.32. The maximum atomic E-state index is 12.5. The van der Waals surface area contributed by atoms with Gasteiger partial charge >= 0.3 is 0 Å². The normalized spacial score (nSPS) is 10.4. The van der Waals surface area contributed by atoms with E-state index in [1.807, 2.05) is 71.3 Å². The first-order chi connectivity index (χ1) is 14.7. The molecule has 2 N–H and O–H groups in total. The number of hydrogen-bond acceptors (Lipinski definition) is 4. The fourth-order valence-corrected chi connectivity index (χ4v) is 3.49. The Hall–Kier alpha value is -2.28. The average molecular weight is 476 g/mol. The Balaban J connectivity index is 0.00000512. The largest absolute Gasteiger partial charge is 0.332 e. The molecule has 2 aromatic carbocycles. The van der Waals surface area contributed by atoms with Crippen molar-refractivity contribution in [3.8, 4) is 0 Å². The van der Waals surface area contributed by atoms with Crippen LogP contribution in [0.1, 0.15) is 51.9 Å². The van der Waals surface area contributed by atoms with Crippen molar-refractivity contribution >= 4 is 47.1 Å². The van der Waals surface area contributed by atoms with E-state index in [2.05, 4.69) is 15.5 Å². The zero-order chi connectivity index (χ0) is 23.0. The van der Waals surface area contributed by atoms with Crippen LogP contribution in [0.25, 0.3) is 0 Å². The highest BCUT2D eigenvalue weighted by molar-refractivity contribution is 7.80. The number of nitrogens with zero attached hydrogens (tertiary/aromatic N) is 1. The van der Waals surface area contributed by atoms with Crippen LogP contribution >= 0.6 is 24.6 Å². The van der Waals surface area contributed by atoms with Crippen LogP contribution in [0.2, 0.25) is 0 Å². The third-order valence-corrected chi connectivity index (χ3v) is 5.54. The third-order valence-electron chi connectivity index (χ3n) is 5.34. The molecule has 0 radical (unpaired) electrons. The van der Waals surface area contributed by atoms with Crippen LogP contribution in [-0.4, -0.2) is 42.3 Å². The Morgan fingerprint density at radius 2 is 1.56 bits per heavy atom. The van der Waals surface area contributed by atoms with E-state index in [9.17, 15) is 9.59 Å². The van der Waals surface area contributed by atoms with Gasteiger partial charge in [0.2, 0.25) is 0 Å². The number of benzene rings is 2. The molecular weight excluding hydrogens is 442 g/mol. The van der Waals surface area contributed by atoms with Gasteiger partial charge in [0.05, 0.1) is 0 Å². The quantitative estimate of drug-likeness (QED) is 0.394. The molecule has 2 rings (SSSR count). The minimum atomic E-state index is -0.236. The van der Waals surface area contributed by atoms with Gasteiger partial charge in [-0.15, -0.1) is 12.4 Å². The second kappa shape index (κ2) is 13.3. The molecule has 1 amide bonds. The smallest absolute Gasteiger partial charge is 0.257 e. The molecule has 32 heavy (non-hydrogen) atoms. The summed E-state index contributed by atoms with van der Waals surface area (Å²) >= 11 is 5.28. The molecule has 5 nitrogen and oxygen atoms in total. The summed E-state index contributed by atoms with van der Waals surface area (Å²) in [5.41, 5.74) is 5.67. The van der Waals surface area contributed by atoms with E-state index in [0.29, 0.717) is 18.4 Å². The van der Waals surface area contributed by atoms with E-state index in [0.717, 1.165) is 41.8 Å². The molecular formula is C25H34ClN3O2S. The first-order valence-corrected chi connectivity index (χ1v) is 11.0. The molecule has 174 valence electrons. The lowest BCUT2D eigenvalue weighted by atomic mass is 10.0. The molecule has 0 unspecified atom stereocenters. The molecule has 0 saturated heterocycles. The number of aryl methyl sites for hydroxylation is 2. The SMILES string of the molecule is Cc1cc(C(=O)NC(=S)Nc2ccc(CC(=O)CCCCN(C)C)cc2)cc(C)c1C.Cl. The standard InChI is InChI=1S/C25H33N3O2S.ClH/c1-17-14-21(15-18(2)19(17)3)24(30)27-25(31)26-22-11-9-20(10-12-22)16-23(29)8-6-7-13-28(4)5;/h9-12,14-15H,6-8,13,16H2,1-5H3,(H2,26,27,30,31);1H. The fourth-order valence-electron chi connectivity index (χ4n) is 3.28. The summed E-state index contributed by atoms with van der Waals surface area (Å²) in [4.78, 5) is 26.8. The Bertz CT molecular complexity index is 920. The number of nitrogens with one attached hydrogen (secondary N) is 2. The van der Waals surface area contributed by atoms with Crippen LogP contribution in [0.3, 0.4) is 0 Å². The van der Waals surface area contributed by atoms with Gasteiger partial charge in [-0.25, -0.2) is 0 Å². The van der Waals surface area contributed by atoms with Crippen molar-refractivity contribution in [3.63, 3.8) is 0 Å². The average Bonchev–Trinajstić information content (AvgIpc) is 2.70. The van der Waals surface area contributed by atoms with Gasteiger partial charge in [-0.3, -0.25) is 14.9 Å². The van der Waals surface area contributed by atoms with Gasteiger partial charge in [0.15, 0.2) is 5.11 Å². The molecule has 0 heterocycles. The van der Waals surface area contributed by atoms with E-state index in [-0.39, 0.29) is 29.2 Å². The van der Waals surface area contributed by atoms with E-state index < -0.39 is 0 Å². The maximum absolute atomic E-state index is 12.5. The van der Waals surface area contributed by atoms with Crippen LogP contribution in [0.15, 0.2) is 36.4 Å². The third kappa shape index (κ3) is 9.07. The fraction of sp³-hybridized carbons (Fsp3) is 0.400. The zero-order valence-electron chi connectivity index (χ0n) is 19.6. The first kappa shape index (κ1) is 27.8. The number of amides is 1. The molecule has 0 bridgehead atoms. The Labute approximate surface area is 203 Å². The summed E-state index contributed by atoms with van der Waals surface area (Å²) in [5.74, 6) is 0.0196. The lowest BCUT2D eigenvalue weighted by Gasteiger charge is -2.12. The second-order valence-corrected chi connectivity index (χ2v) is 8.72. The number of halogens is 1. The summed E-state index contributed by atoms with van der Waals surface area (Å²) < 4.78 is 0. The number of carbonyl (C=O) groups is 2. The molecule has 0 aliphatic rings. The van der Waals surface area contributed by atoms with Gasteiger partial charge in [-0.1, -0.05) is 12.1 Å². The molecule has 0 fully saturated rings. The summed E-state index contributed by atoms with van der Waals surface area (Å²) in [6.45, 7) is 7.03. The van der Waals surface area contributed by atoms with Crippen LogP contribution in [-0.2, 0) is 11.2 Å². The minimum absolute atomic E-state index is 0. The number of unbranched alkanes of at least 4 members (excludes halogenated alkanes) is 1. The predicted molar refractivity (Wildman–Crippen MR) is 139 cm³/mol. The van der Waals surface area contributed by atoms with Crippen LogP contribution < -0.4 is 10.6 Å². The Kier molecular flexibility index (Phi) is 11.5. The van der Waals surface area contributed by atoms with E-state index in [1.54, 1.807) is 0 Å². The van der Waals surface area contributed by atoms with Gasteiger partial charge in [-0.05, 0) is 113 Å². The van der Waals surface area contributed by atoms with Crippen molar-refractivity contribution in [2.75, 3.05) is 26.0 Å². The Morgan fingerprint density at radius 3 is 2.12 bits per heavy atom. The molecule has 0 aromatic heterocycles. The zero-order valence-corrected chi connectivity index (χ0v) is 21.2. The predicted octanol–water partition coefficient (Wildman–Crippen LogP) is 5.00. The van der Waals surface area contributed by atoms with Crippen molar-refractivity contribution in [1.29, 1.82) is 0 Å². The molecule has 0 aliphatic carbocycles. The van der Waals surface area contributed by atoms with Crippen molar-refractivity contribution in [1.82, 2.24) is 10.2 Å². The highest BCUT2D eigenvalue weighted by Crippen LogP contribution is 2.16. The van der Waals surface area contributed by atoms with Gasteiger partial charge in [0.25, 0.3) is 5.91 Å². The monoisotopic (exact) mass is 475 g/mol. The van der Waals surface area contributed by atoms with Crippen molar-refractivity contribution < 1.29 is 9.59 Å². The molecule has 0 saturated carbocycles. The van der Waals surface area contributed by atoms with Crippen molar-refractivity contribution in [3.05, 3.63) is 64.2 Å². The van der Waals surface area contributed by atoms with E-state index in [1.165, 1.54) is 5.56 Å². The highest BCUT2D eigenvalue weighted by atomic mass is 35.5. The van der Waals surface area contributed by atoms with Crippen LogP contribution in [0.4, 0.5) is 5.69 Å². The number of ketones is 1. The van der Waals surface area contributed by atoms with Crippen LogP contribution in [0.5, 0.6) is 0 Å². The van der Waals surface area contributed by atoms with Crippen LogP contribution in [0, 0.1) is 20.8 Å².